The molecular formula is C10H16N2O13P2. The van der Waals surface area contributed by atoms with Crippen molar-refractivity contribution >= 4 is 15.6 Å². The van der Waals surface area contributed by atoms with E-state index in [2.05, 4.69) is 8.83 Å². The van der Waals surface area contributed by atoms with E-state index in [9.17, 15) is 38.9 Å². The van der Waals surface area contributed by atoms with Crippen LogP contribution in [0.4, 0.5) is 0 Å². The lowest BCUT2D eigenvalue weighted by atomic mass is 9.98. The highest BCUT2D eigenvalue weighted by atomic mass is 31.3. The van der Waals surface area contributed by atoms with Crippen molar-refractivity contribution in [3.63, 3.8) is 0 Å². The van der Waals surface area contributed by atoms with Gasteiger partial charge in [0.05, 0.1) is 6.61 Å². The molecule has 2 rings (SSSR count). The van der Waals surface area contributed by atoms with Crippen LogP contribution in [0, 0.1) is 0 Å². The predicted octanol–water partition coefficient (Wildman–Crippen LogP) is -3.26. The zero-order valence-electron chi connectivity index (χ0n) is 13.1. The van der Waals surface area contributed by atoms with Crippen molar-refractivity contribution < 1.29 is 52.7 Å². The normalized spacial score (nSPS) is 31.4. The minimum atomic E-state index is -5.38. The summed E-state index contributed by atoms with van der Waals surface area (Å²) >= 11 is 0. The summed E-state index contributed by atoms with van der Waals surface area (Å²) in [5, 5.41) is 29.8. The fourth-order valence-electron chi connectivity index (χ4n) is 2.25. The summed E-state index contributed by atoms with van der Waals surface area (Å²) in [4.78, 5) is 51.0. The molecule has 0 amide bonds. The minimum absolute atomic E-state index is 0.679. The van der Waals surface area contributed by atoms with Gasteiger partial charge in [-0.25, -0.2) is 13.9 Å². The number of hydrogen-bond acceptors (Lipinski definition) is 10. The third-order valence-corrected chi connectivity index (χ3v) is 5.58. The Kier molecular flexibility index (Phi) is 6.56. The van der Waals surface area contributed by atoms with Gasteiger partial charge in [-0.2, -0.15) is 4.31 Å². The van der Waals surface area contributed by atoms with Crippen LogP contribution in [-0.2, 0) is 22.7 Å². The molecule has 0 aromatic carbocycles. The molecule has 1 unspecified atom stereocenters. The molecule has 7 N–H and O–H groups in total. The number of H-pyrrole nitrogens is 1. The molecule has 0 bridgehead atoms. The van der Waals surface area contributed by atoms with Gasteiger partial charge in [-0.3, -0.25) is 18.9 Å². The van der Waals surface area contributed by atoms with Gasteiger partial charge in [0.15, 0.2) is 6.23 Å². The third-order valence-electron chi connectivity index (χ3n) is 3.42. The number of rotatable bonds is 6. The summed E-state index contributed by atoms with van der Waals surface area (Å²) in [7, 11) is -10.6. The molecule has 6 atom stereocenters. The van der Waals surface area contributed by atoms with Crippen molar-refractivity contribution in [1.82, 2.24) is 9.55 Å². The van der Waals surface area contributed by atoms with Crippen LogP contribution in [-0.4, -0.2) is 70.6 Å². The van der Waals surface area contributed by atoms with Crippen LogP contribution in [0.1, 0.15) is 6.23 Å². The number of hydrogen-bond donors (Lipinski definition) is 7. The topological polar surface area (TPSA) is 238 Å². The molecule has 27 heavy (non-hydrogen) atoms. The van der Waals surface area contributed by atoms with E-state index >= 15 is 0 Å². The lowest BCUT2D eigenvalue weighted by molar-refractivity contribution is -0.251. The first-order valence-corrected chi connectivity index (χ1v) is 10.1. The Bertz CT molecular complexity index is 876. The molecule has 17 heteroatoms. The van der Waals surface area contributed by atoms with Crippen LogP contribution < -0.4 is 11.2 Å². The smallest absolute Gasteiger partial charge is 0.387 e. The highest BCUT2D eigenvalue weighted by molar-refractivity contribution is 7.60. The number of aromatic nitrogens is 2. The highest BCUT2D eigenvalue weighted by Crippen LogP contribution is 2.57. The number of aliphatic hydroxyl groups excluding tert-OH is 3. The van der Waals surface area contributed by atoms with Crippen LogP contribution in [0.2, 0.25) is 0 Å². The van der Waals surface area contributed by atoms with Gasteiger partial charge in [0.2, 0.25) is 0 Å². The molecule has 0 saturated carbocycles. The second-order valence-corrected chi connectivity index (χ2v) is 8.22. The molecule has 0 spiro atoms. The van der Waals surface area contributed by atoms with Gasteiger partial charge in [-0.15, -0.1) is 0 Å². The van der Waals surface area contributed by atoms with Crippen molar-refractivity contribution in [2.24, 2.45) is 0 Å². The van der Waals surface area contributed by atoms with Gasteiger partial charge >= 0.3 is 21.3 Å². The fraction of sp³-hybridized carbons (Fsp3) is 0.600. The Labute approximate surface area is 149 Å². The maximum Gasteiger partial charge on any atom is 0.481 e. The Hall–Kier alpha value is -1.22. The molecule has 0 aliphatic carbocycles. The van der Waals surface area contributed by atoms with E-state index in [0.717, 1.165) is 12.3 Å². The zero-order valence-corrected chi connectivity index (χ0v) is 14.9. The molecule has 0 radical (unpaired) electrons. The number of aromatic amines is 1. The monoisotopic (exact) mass is 434 g/mol. The van der Waals surface area contributed by atoms with E-state index in [0.29, 0.717) is 4.57 Å². The van der Waals surface area contributed by atoms with Crippen molar-refractivity contribution in [1.29, 1.82) is 0 Å². The molecule has 1 fully saturated rings. The maximum atomic E-state index is 11.8. The van der Waals surface area contributed by atoms with Gasteiger partial charge in [0, 0.05) is 12.3 Å². The minimum Gasteiger partial charge on any atom is -0.387 e. The average Bonchev–Trinajstić information content (AvgIpc) is 2.50. The summed E-state index contributed by atoms with van der Waals surface area (Å²) in [5.74, 6) is 0. The lowest BCUT2D eigenvalue weighted by Gasteiger charge is -2.40. The Balaban J connectivity index is 2.20. The standard InChI is InChI=1S/C10H16N2O13P2/c13-5-1-2-12(10(17)11-5)9-8(16)7(15)6(14)4(24-9)3-23-27(21,22)25-26(18,19)20/h1-2,4,6-9,14-16H,3H2,(H,21,22)(H,11,13,17)(H2,18,19,20)/t4-,6+,7+,8-,9-/m1/s1. The lowest BCUT2D eigenvalue weighted by Crippen LogP contribution is -2.58. The number of nitrogens with one attached hydrogen (secondary N) is 1. The molecule has 2 heterocycles. The molecule has 1 saturated heterocycles. The summed E-state index contributed by atoms with van der Waals surface area (Å²) < 4.78 is 35.8. The fourth-order valence-corrected chi connectivity index (χ4v) is 3.85. The van der Waals surface area contributed by atoms with E-state index in [1.165, 1.54) is 0 Å². The number of phosphoric acid groups is 2. The number of nitrogens with zero attached hydrogens (tertiary/aromatic N) is 1. The Morgan fingerprint density at radius 2 is 1.74 bits per heavy atom. The van der Waals surface area contributed by atoms with Crippen molar-refractivity contribution in [3.05, 3.63) is 33.1 Å². The number of ether oxygens (including phenoxy) is 1. The van der Waals surface area contributed by atoms with Crippen LogP contribution in [0.25, 0.3) is 0 Å². The van der Waals surface area contributed by atoms with E-state index in [1.54, 1.807) is 0 Å². The van der Waals surface area contributed by atoms with E-state index < -0.39 is 64.1 Å². The van der Waals surface area contributed by atoms with Crippen molar-refractivity contribution in [3.8, 4) is 0 Å². The average molecular weight is 434 g/mol. The highest BCUT2D eigenvalue weighted by Gasteiger charge is 2.46. The summed E-state index contributed by atoms with van der Waals surface area (Å²) in [5.41, 5.74) is -1.77. The predicted molar refractivity (Wildman–Crippen MR) is 82.2 cm³/mol. The molecule has 1 aromatic heterocycles. The van der Waals surface area contributed by atoms with Gasteiger partial charge in [-0.05, 0) is 0 Å². The van der Waals surface area contributed by atoms with Crippen LogP contribution >= 0.6 is 15.6 Å². The third kappa shape index (κ3) is 5.63. The largest absolute Gasteiger partial charge is 0.481 e. The zero-order chi connectivity index (χ0) is 20.6. The number of phosphoric ester groups is 1. The summed E-state index contributed by atoms with van der Waals surface area (Å²) in [6.07, 6.45) is -7.95. The van der Waals surface area contributed by atoms with Crippen LogP contribution in [0.3, 0.4) is 0 Å². The van der Waals surface area contributed by atoms with Gasteiger partial charge in [-0.1, -0.05) is 0 Å². The first kappa shape index (κ1) is 22.1. The SMILES string of the molecule is O=c1ccn([C@@H]2O[C@H](COP(=O)(O)OP(=O)(O)O)[C@H](O)[C@H](O)[C@H]2O)c(=O)[nH]1. The van der Waals surface area contributed by atoms with Gasteiger partial charge in [0.25, 0.3) is 5.56 Å². The van der Waals surface area contributed by atoms with Gasteiger partial charge < -0.3 is 34.7 Å². The Morgan fingerprint density at radius 3 is 2.30 bits per heavy atom. The van der Waals surface area contributed by atoms with Crippen molar-refractivity contribution in [2.75, 3.05) is 6.61 Å². The second kappa shape index (κ2) is 8.03. The molecule has 1 aliphatic heterocycles. The molecule has 15 nitrogen and oxygen atoms in total. The van der Waals surface area contributed by atoms with Gasteiger partial charge in [0.1, 0.15) is 24.4 Å². The molecule has 1 aliphatic rings. The number of aliphatic hydroxyl groups is 3. The molecule has 1 aromatic rings. The van der Waals surface area contributed by atoms with E-state index in [-0.39, 0.29) is 0 Å². The van der Waals surface area contributed by atoms with E-state index in [4.69, 9.17) is 14.5 Å². The quantitative estimate of drug-likeness (QED) is 0.218. The van der Waals surface area contributed by atoms with E-state index in [1.807, 2.05) is 4.98 Å². The van der Waals surface area contributed by atoms with Crippen molar-refractivity contribution in [2.45, 2.75) is 30.6 Å². The first-order valence-electron chi connectivity index (χ1n) is 7.06. The second-order valence-electron chi connectivity index (χ2n) is 5.39. The summed E-state index contributed by atoms with van der Waals surface area (Å²) in [6, 6.07) is 0.913. The summed E-state index contributed by atoms with van der Waals surface area (Å²) in [6.45, 7) is -1.02. The molecule has 154 valence electrons. The first-order chi connectivity index (χ1) is 12.3. The van der Waals surface area contributed by atoms with Crippen LogP contribution in [0.5, 0.6) is 0 Å². The Morgan fingerprint density at radius 1 is 1.11 bits per heavy atom. The molecular weight excluding hydrogens is 418 g/mol. The van der Waals surface area contributed by atoms with Crippen LogP contribution in [0.15, 0.2) is 21.9 Å². The maximum absolute atomic E-state index is 11.8.